The summed E-state index contributed by atoms with van der Waals surface area (Å²) in [7, 11) is 1.54. The molecule has 0 saturated carbocycles. The molecule has 1 aromatic carbocycles. The number of aromatic nitrogens is 1. The number of hydrogen-bond acceptors (Lipinski definition) is 6. The zero-order valence-electron chi connectivity index (χ0n) is 16.1. The molecule has 0 aliphatic carbocycles. The largest absolute Gasteiger partial charge is 0.383 e. The number of amides is 3. The first kappa shape index (κ1) is 21.2. The number of para-hydroxylation sites is 1. The first-order valence-electron chi connectivity index (χ1n) is 9.19. The highest BCUT2D eigenvalue weighted by atomic mass is 32.1. The summed E-state index contributed by atoms with van der Waals surface area (Å²) in [5.74, 6) is -0.657. The Morgan fingerprint density at radius 2 is 2.10 bits per heavy atom. The van der Waals surface area contributed by atoms with Gasteiger partial charge in [0.05, 0.1) is 32.1 Å². The van der Waals surface area contributed by atoms with E-state index in [2.05, 4.69) is 10.3 Å². The summed E-state index contributed by atoms with van der Waals surface area (Å²) in [6.07, 6.45) is 0. The van der Waals surface area contributed by atoms with Gasteiger partial charge in [-0.15, -0.1) is 11.3 Å². The highest BCUT2D eigenvalue weighted by molar-refractivity contribution is 7.09. The van der Waals surface area contributed by atoms with Crippen molar-refractivity contribution in [3.63, 3.8) is 0 Å². The van der Waals surface area contributed by atoms with Crippen molar-refractivity contribution in [3.05, 3.63) is 46.2 Å². The van der Waals surface area contributed by atoms with E-state index in [1.54, 1.807) is 22.4 Å². The van der Waals surface area contributed by atoms with Crippen LogP contribution in [0.1, 0.15) is 15.5 Å². The van der Waals surface area contributed by atoms with Gasteiger partial charge in [-0.25, -0.2) is 14.2 Å². The highest BCUT2D eigenvalue weighted by Gasteiger charge is 2.22. The number of nitrogens with one attached hydrogen (secondary N) is 1. The van der Waals surface area contributed by atoms with Crippen molar-refractivity contribution in [2.45, 2.75) is 6.54 Å². The van der Waals surface area contributed by atoms with E-state index in [1.165, 1.54) is 35.5 Å². The normalized spacial score (nSPS) is 13.9. The molecule has 1 saturated heterocycles. The smallest absolute Gasteiger partial charge is 0.322 e. The molecule has 2 aromatic rings. The predicted octanol–water partition coefficient (Wildman–Crippen LogP) is 2.44. The van der Waals surface area contributed by atoms with Crippen LogP contribution < -0.4 is 5.32 Å². The molecule has 1 N–H and O–H groups in total. The van der Waals surface area contributed by atoms with Gasteiger partial charge in [-0.3, -0.25) is 4.79 Å². The number of carbonyl (C=O) groups excluding carboxylic acids is 2. The lowest BCUT2D eigenvalue weighted by Gasteiger charge is -2.26. The fourth-order valence-corrected chi connectivity index (χ4v) is 3.57. The van der Waals surface area contributed by atoms with Gasteiger partial charge in [-0.2, -0.15) is 0 Å². The number of urea groups is 1. The molecule has 3 amide bonds. The molecule has 3 rings (SSSR count). The summed E-state index contributed by atoms with van der Waals surface area (Å²) in [6.45, 7) is 2.91. The fraction of sp³-hybridized carbons (Fsp3) is 0.421. The first-order chi connectivity index (χ1) is 14.1. The summed E-state index contributed by atoms with van der Waals surface area (Å²) in [5, 5.41) is 4.87. The number of carbonyl (C=O) groups is 2. The standard InChI is InChI=1S/C19H23FN4O4S/c1-27-9-6-24(19(26)22-15-5-3-2-4-14(15)20)12-17-21-16(13-29-17)18(25)23-7-10-28-11-8-23/h2-5,13H,6-12H2,1H3,(H,22,26). The van der Waals surface area contributed by atoms with Gasteiger partial charge in [-0.1, -0.05) is 12.1 Å². The number of rotatable bonds is 7. The molecule has 0 unspecified atom stereocenters. The van der Waals surface area contributed by atoms with Crippen molar-refractivity contribution in [2.24, 2.45) is 0 Å². The van der Waals surface area contributed by atoms with Gasteiger partial charge in [0.25, 0.3) is 5.91 Å². The summed E-state index contributed by atoms with van der Waals surface area (Å²) >= 11 is 1.30. The maximum atomic E-state index is 13.8. The van der Waals surface area contributed by atoms with Crippen molar-refractivity contribution < 1.29 is 23.5 Å². The van der Waals surface area contributed by atoms with Gasteiger partial charge in [0.2, 0.25) is 0 Å². The van der Waals surface area contributed by atoms with Gasteiger partial charge in [-0.05, 0) is 12.1 Å². The van der Waals surface area contributed by atoms with E-state index < -0.39 is 11.8 Å². The quantitative estimate of drug-likeness (QED) is 0.741. The summed E-state index contributed by atoms with van der Waals surface area (Å²) in [4.78, 5) is 32.8. The summed E-state index contributed by atoms with van der Waals surface area (Å²) in [6, 6.07) is 5.49. The van der Waals surface area contributed by atoms with E-state index in [4.69, 9.17) is 9.47 Å². The molecule has 10 heteroatoms. The third-order valence-corrected chi connectivity index (χ3v) is 5.20. The Hall–Kier alpha value is -2.56. The van der Waals surface area contributed by atoms with Gasteiger partial charge in [0.15, 0.2) is 0 Å². The van der Waals surface area contributed by atoms with Crippen LogP contribution in [0.5, 0.6) is 0 Å². The molecule has 156 valence electrons. The van der Waals surface area contributed by atoms with E-state index >= 15 is 0 Å². The van der Waals surface area contributed by atoms with Crippen LogP contribution in [0.2, 0.25) is 0 Å². The number of anilines is 1. The molecule has 0 spiro atoms. The second-order valence-corrected chi connectivity index (χ2v) is 7.30. The van der Waals surface area contributed by atoms with Gasteiger partial charge >= 0.3 is 6.03 Å². The minimum Gasteiger partial charge on any atom is -0.383 e. The molecule has 29 heavy (non-hydrogen) atoms. The molecule has 1 aliphatic heterocycles. The number of nitrogens with zero attached hydrogens (tertiary/aromatic N) is 3. The zero-order valence-corrected chi connectivity index (χ0v) is 16.9. The lowest BCUT2D eigenvalue weighted by Crippen LogP contribution is -2.40. The Kier molecular flexibility index (Phi) is 7.50. The topological polar surface area (TPSA) is 84.0 Å². The van der Waals surface area contributed by atoms with Crippen molar-refractivity contribution in [2.75, 3.05) is 51.9 Å². The predicted molar refractivity (Wildman–Crippen MR) is 107 cm³/mol. The van der Waals surface area contributed by atoms with Crippen molar-refractivity contribution >= 4 is 29.0 Å². The number of methoxy groups -OCH3 is 1. The van der Waals surface area contributed by atoms with Crippen LogP contribution in [0, 0.1) is 5.82 Å². The number of halogens is 1. The Labute approximate surface area is 172 Å². The molecule has 0 radical (unpaired) electrons. The van der Waals surface area contributed by atoms with Crippen LogP contribution in [-0.2, 0) is 16.0 Å². The molecule has 1 aliphatic rings. The maximum absolute atomic E-state index is 13.8. The van der Waals surface area contributed by atoms with Gasteiger partial charge in [0, 0.05) is 32.1 Å². The molecule has 8 nitrogen and oxygen atoms in total. The minimum atomic E-state index is -0.514. The van der Waals surface area contributed by atoms with E-state index in [0.717, 1.165) is 0 Å². The lowest BCUT2D eigenvalue weighted by molar-refractivity contribution is 0.0299. The van der Waals surface area contributed by atoms with Gasteiger partial charge < -0.3 is 24.6 Å². The second-order valence-electron chi connectivity index (χ2n) is 6.36. The van der Waals surface area contributed by atoms with Crippen LogP contribution >= 0.6 is 11.3 Å². The van der Waals surface area contributed by atoms with Crippen LogP contribution in [0.25, 0.3) is 0 Å². The Bertz CT molecular complexity index is 841. The molecule has 2 heterocycles. The average Bonchev–Trinajstić information content (AvgIpc) is 3.21. The monoisotopic (exact) mass is 422 g/mol. The fourth-order valence-electron chi connectivity index (χ4n) is 2.78. The minimum absolute atomic E-state index is 0.0993. The number of benzene rings is 1. The van der Waals surface area contributed by atoms with Crippen LogP contribution in [0.15, 0.2) is 29.6 Å². The molecular weight excluding hydrogens is 399 g/mol. The van der Waals surface area contributed by atoms with Crippen molar-refractivity contribution in [1.29, 1.82) is 0 Å². The SMILES string of the molecule is COCCN(Cc1nc(C(=O)N2CCOCC2)cs1)C(=O)Nc1ccccc1F. The number of thiazole rings is 1. The van der Waals surface area contributed by atoms with E-state index in [1.807, 2.05) is 0 Å². The van der Waals surface area contributed by atoms with Crippen LogP contribution in [0.4, 0.5) is 14.9 Å². The van der Waals surface area contributed by atoms with Gasteiger partial charge in [0.1, 0.15) is 16.5 Å². The van der Waals surface area contributed by atoms with E-state index in [0.29, 0.717) is 50.2 Å². The van der Waals surface area contributed by atoms with E-state index in [9.17, 15) is 14.0 Å². The molecule has 0 bridgehead atoms. The lowest BCUT2D eigenvalue weighted by atomic mass is 10.3. The average molecular weight is 422 g/mol. The maximum Gasteiger partial charge on any atom is 0.322 e. The van der Waals surface area contributed by atoms with Crippen LogP contribution in [-0.4, -0.2) is 73.3 Å². The summed E-state index contributed by atoms with van der Waals surface area (Å²) in [5.41, 5.74) is 0.454. The van der Waals surface area contributed by atoms with Crippen LogP contribution in [0.3, 0.4) is 0 Å². The Morgan fingerprint density at radius 3 is 2.83 bits per heavy atom. The summed E-state index contributed by atoms with van der Waals surface area (Å²) < 4.78 is 24.2. The third-order valence-electron chi connectivity index (χ3n) is 4.36. The molecular formula is C19H23FN4O4S. The zero-order chi connectivity index (χ0) is 20.6. The number of hydrogen-bond donors (Lipinski definition) is 1. The Morgan fingerprint density at radius 1 is 1.34 bits per heavy atom. The molecule has 1 fully saturated rings. The van der Waals surface area contributed by atoms with E-state index in [-0.39, 0.29) is 18.1 Å². The highest BCUT2D eigenvalue weighted by Crippen LogP contribution is 2.17. The van der Waals surface area contributed by atoms with Crippen molar-refractivity contribution in [1.82, 2.24) is 14.8 Å². The number of morpholine rings is 1. The number of ether oxygens (including phenoxy) is 2. The Balaban J connectivity index is 1.66. The first-order valence-corrected chi connectivity index (χ1v) is 10.1. The van der Waals surface area contributed by atoms with Crippen molar-refractivity contribution in [3.8, 4) is 0 Å². The second kappa shape index (κ2) is 10.3. The molecule has 0 atom stereocenters. The molecule has 1 aromatic heterocycles. The third kappa shape index (κ3) is 5.72.